The molecule has 0 unspecified atom stereocenters. The van der Waals surface area contributed by atoms with E-state index < -0.39 is 6.10 Å². The number of rotatable bonds is 5. The van der Waals surface area contributed by atoms with E-state index in [2.05, 4.69) is 19.2 Å². The van der Waals surface area contributed by atoms with Gasteiger partial charge in [-0.25, -0.2) is 0 Å². The van der Waals surface area contributed by atoms with Gasteiger partial charge in [-0.1, -0.05) is 31.5 Å². The zero-order valence-electron chi connectivity index (χ0n) is 11.0. The van der Waals surface area contributed by atoms with Gasteiger partial charge in [-0.2, -0.15) is 0 Å². The zero-order valence-corrected chi connectivity index (χ0v) is 11.0. The molecule has 17 heavy (non-hydrogen) atoms. The molecule has 0 fully saturated rings. The molecule has 1 rings (SSSR count). The van der Waals surface area contributed by atoms with Gasteiger partial charge in [-0.15, -0.1) is 0 Å². The molecule has 0 saturated heterocycles. The third-order valence-electron chi connectivity index (χ3n) is 2.39. The summed E-state index contributed by atoms with van der Waals surface area (Å²) in [4.78, 5) is 11.7. The first kappa shape index (κ1) is 13.6. The summed E-state index contributed by atoms with van der Waals surface area (Å²) in [5.41, 5.74) is 1.18. The largest absolute Gasteiger partial charge is 0.481 e. The smallest absolute Gasteiger partial charge is 0.260 e. The minimum Gasteiger partial charge on any atom is -0.481 e. The fourth-order valence-corrected chi connectivity index (χ4v) is 1.32. The van der Waals surface area contributed by atoms with E-state index in [1.807, 2.05) is 31.2 Å². The summed E-state index contributed by atoms with van der Waals surface area (Å²) in [5.74, 6) is 1.10. The number of benzene rings is 1. The molecule has 0 spiro atoms. The van der Waals surface area contributed by atoms with Crippen LogP contribution in [0.25, 0.3) is 0 Å². The zero-order chi connectivity index (χ0) is 12.8. The number of carbonyl (C=O) groups is 1. The maximum Gasteiger partial charge on any atom is 0.260 e. The second kappa shape index (κ2) is 6.28. The number of aryl methyl sites for hydroxylation is 1. The summed E-state index contributed by atoms with van der Waals surface area (Å²) in [5, 5.41) is 2.85. The SMILES string of the molecule is Cc1ccc(O[C@H](C)C(=O)NCC(C)C)cc1. The molecule has 0 bridgehead atoms. The maximum absolute atomic E-state index is 11.7. The van der Waals surface area contributed by atoms with Crippen LogP contribution in [0.5, 0.6) is 5.75 Å². The molecule has 0 heterocycles. The van der Waals surface area contributed by atoms with E-state index >= 15 is 0 Å². The van der Waals surface area contributed by atoms with Crippen molar-refractivity contribution in [1.82, 2.24) is 5.32 Å². The molecular formula is C14H21NO2. The molecule has 0 saturated carbocycles. The average Bonchev–Trinajstić information content (AvgIpc) is 2.28. The topological polar surface area (TPSA) is 38.3 Å². The Balaban J connectivity index is 2.45. The molecule has 94 valence electrons. The molecular weight excluding hydrogens is 214 g/mol. The molecule has 0 aliphatic carbocycles. The van der Waals surface area contributed by atoms with Crippen LogP contribution < -0.4 is 10.1 Å². The fraction of sp³-hybridized carbons (Fsp3) is 0.500. The monoisotopic (exact) mass is 235 g/mol. The number of nitrogens with one attached hydrogen (secondary N) is 1. The van der Waals surface area contributed by atoms with Gasteiger partial charge < -0.3 is 10.1 Å². The predicted octanol–water partition coefficient (Wildman–Crippen LogP) is 2.53. The summed E-state index contributed by atoms with van der Waals surface area (Å²) < 4.78 is 5.55. The van der Waals surface area contributed by atoms with Crippen molar-refractivity contribution in [3.8, 4) is 5.75 Å². The molecule has 1 aromatic carbocycles. The van der Waals surface area contributed by atoms with Crippen molar-refractivity contribution in [1.29, 1.82) is 0 Å². The normalized spacial score (nSPS) is 12.3. The summed E-state index contributed by atoms with van der Waals surface area (Å²) >= 11 is 0. The Labute approximate surface area is 103 Å². The van der Waals surface area contributed by atoms with Gasteiger partial charge in [0.2, 0.25) is 0 Å². The second-order valence-corrected chi connectivity index (χ2v) is 4.71. The number of hydrogen-bond acceptors (Lipinski definition) is 2. The Morgan fingerprint density at radius 3 is 2.35 bits per heavy atom. The first-order valence-corrected chi connectivity index (χ1v) is 6.00. The van der Waals surface area contributed by atoms with Crippen LogP contribution in [0, 0.1) is 12.8 Å². The van der Waals surface area contributed by atoms with Crippen LogP contribution in [0.15, 0.2) is 24.3 Å². The quantitative estimate of drug-likeness (QED) is 0.851. The Morgan fingerprint density at radius 1 is 1.24 bits per heavy atom. The molecule has 1 aromatic rings. The molecule has 0 radical (unpaired) electrons. The van der Waals surface area contributed by atoms with E-state index in [9.17, 15) is 4.79 Å². The van der Waals surface area contributed by atoms with Gasteiger partial charge in [0.15, 0.2) is 6.10 Å². The third kappa shape index (κ3) is 4.89. The van der Waals surface area contributed by atoms with E-state index in [1.165, 1.54) is 5.56 Å². The van der Waals surface area contributed by atoms with Gasteiger partial charge in [-0.05, 0) is 31.9 Å². The molecule has 1 N–H and O–H groups in total. The molecule has 0 aromatic heterocycles. The van der Waals surface area contributed by atoms with E-state index in [-0.39, 0.29) is 5.91 Å². The van der Waals surface area contributed by atoms with Crippen LogP contribution in [-0.2, 0) is 4.79 Å². The Hall–Kier alpha value is -1.51. The number of ether oxygens (including phenoxy) is 1. The Morgan fingerprint density at radius 2 is 1.82 bits per heavy atom. The summed E-state index contributed by atoms with van der Waals surface area (Å²) in [7, 11) is 0. The number of hydrogen-bond donors (Lipinski definition) is 1. The predicted molar refractivity (Wildman–Crippen MR) is 69.1 cm³/mol. The van der Waals surface area contributed by atoms with Gasteiger partial charge in [0, 0.05) is 6.54 Å². The lowest BCUT2D eigenvalue weighted by molar-refractivity contribution is -0.127. The molecule has 3 heteroatoms. The molecule has 1 amide bonds. The van der Waals surface area contributed by atoms with Crippen LogP contribution in [0.4, 0.5) is 0 Å². The van der Waals surface area contributed by atoms with Crippen molar-refractivity contribution >= 4 is 5.91 Å². The lowest BCUT2D eigenvalue weighted by Crippen LogP contribution is -2.38. The Kier molecular flexibility index (Phi) is 5.01. The van der Waals surface area contributed by atoms with E-state index in [0.29, 0.717) is 12.5 Å². The molecule has 0 aliphatic heterocycles. The van der Waals surface area contributed by atoms with Crippen LogP contribution >= 0.6 is 0 Å². The molecule has 0 aliphatic rings. The van der Waals surface area contributed by atoms with Crippen molar-refractivity contribution in [3.63, 3.8) is 0 Å². The first-order chi connectivity index (χ1) is 7.99. The summed E-state index contributed by atoms with van der Waals surface area (Å²) in [6, 6.07) is 7.69. The number of amides is 1. The van der Waals surface area contributed by atoms with Crippen LogP contribution in [0.2, 0.25) is 0 Å². The van der Waals surface area contributed by atoms with Crippen molar-refractivity contribution in [2.45, 2.75) is 33.8 Å². The highest BCUT2D eigenvalue weighted by atomic mass is 16.5. The van der Waals surface area contributed by atoms with Gasteiger partial charge >= 0.3 is 0 Å². The third-order valence-corrected chi connectivity index (χ3v) is 2.39. The first-order valence-electron chi connectivity index (χ1n) is 6.00. The standard InChI is InChI=1S/C14H21NO2/c1-10(2)9-15-14(16)12(4)17-13-7-5-11(3)6-8-13/h5-8,10,12H,9H2,1-4H3,(H,15,16)/t12-/m1/s1. The van der Waals surface area contributed by atoms with E-state index in [1.54, 1.807) is 6.92 Å². The maximum atomic E-state index is 11.7. The summed E-state index contributed by atoms with van der Waals surface area (Å²) in [6.45, 7) is 8.58. The van der Waals surface area contributed by atoms with E-state index in [0.717, 1.165) is 5.75 Å². The Bertz CT molecular complexity index is 357. The van der Waals surface area contributed by atoms with Crippen LogP contribution in [-0.4, -0.2) is 18.6 Å². The summed E-state index contributed by atoms with van der Waals surface area (Å²) in [6.07, 6.45) is -0.462. The van der Waals surface area contributed by atoms with Gasteiger partial charge in [0.25, 0.3) is 5.91 Å². The van der Waals surface area contributed by atoms with Crippen LogP contribution in [0.3, 0.4) is 0 Å². The van der Waals surface area contributed by atoms with Gasteiger partial charge in [-0.3, -0.25) is 4.79 Å². The van der Waals surface area contributed by atoms with Crippen molar-refractivity contribution < 1.29 is 9.53 Å². The second-order valence-electron chi connectivity index (χ2n) is 4.71. The highest BCUT2D eigenvalue weighted by Gasteiger charge is 2.14. The van der Waals surface area contributed by atoms with E-state index in [4.69, 9.17) is 4.74 Å². The average molecular weight is 235 g/mol. The van der Waals surface area contributed by atoms with Crippen molar-refractivity contribution in [2.24, 2.45) is 5.92 Å². The van der Waals surface area contributed by atoms with Crippen molar-refractivity contribution in [2.75, 3.05) is 6.54 Å². The highest BCUT2D eigenvalue weighted by molar-refractivity contribution is 5.80. The van der Waals surface area contributed by atoms with Crippen molar-refractivity contribution in [3.05, 3.63) is 29.8 Å². The molecule has 3 nitrogen and oxygen atoms in total. The van der Waals surface area contributed by atoms with Gasteiger partial charge in [0.1, 0.15) is 5.75 Å². The van der Waals surface area contributed by atoms with Crippen LogP contribution in [0.1, 0.15) is 26.3 Å². The number of carbonyl (C=O) groups excluding carboxylic acids is 1. The minimum atomic E-state index is -0.462. The molecule has 1 atom stereocenters. The minimum absolute atomic E-state index is 0.0701. The fourth-order valence-electron chi connectivity index (χ4n) is 1.32. The lowest BCUT2D eigenvalue weighted by Gasteiger charge is -2.15. The lowest BCUT2D eigenvalue weighted by atomic mass is 10.2. The van der Waals surface area contributed by atoms with Gasteiger partial charge in [0.05, 0.1) is 0 Å². The highest BCUT2D eigenvalue weighted by Crippen LogP contribution is 2.13.